The first-order valence-corrected chi connectivity index (χ1v) is 10.4. The second-order valence-corrected chi connectivity index (χ2v) is 9.04. The summed E-state index contributed by atoms with van der Waals surface area (Å²) in [4.78, 5) is 18.0. The number of oxime groups is 1. The summed E-state index contributed by atoms with van der Waals surface area (Å²) in [6.07, 6.45) is 0.617. The Morgan fingerprint density at radius 1 is 1.37 bits per heavy atom. The molecule has 2 N–H and O–H groups in total. The summed E-state index contributed by atoms with van der Waals surface area (Å²) in [7, 11) is -3.74. The van der Waals surface area contributed by atoms with E-state index in [9.17, 15) is 13.2 Å². The fourth-order valence-corrected chi connectivity index (χ4v) is 4.68. The van der Waals surface area contributed by atoms with Crippen LogP contribution in [0, 0.1) is 6.92 Å². The maximum atomic E-state index is 12.8. The molecule has 1 aromatic rings. The third-order valence-corrected chi connectivity index (χ3v) is 6.09. The molecule has 8 nitrogen and oxygen atoms in total. The van der Waals surface area contributed by atoms with Crippen LogP contribution in [0.1, 0.15) is 32.3 Å². The van der Waals surface area contributed by atoms with Crippen LogP contribution in [0.3, 0.4) is 0 Å². The Morgan fingerprint density at radius 2 is 2.15 bits per heavy atom. The number of rotatable bonds is 5. The molecule has 148 valence electrons. The van der Waals surface area contributed by atoms with Crippen molar-refractivity contribution in [3.05, 3.63) is 29.8 Å². The van der Waals surface area contributed by atoms with Crippen molar-refractivity contribution >= 4 is 21.6 Å². The zero-order valence-electron chi connectivity index (χ0n) is 15.7. The predicted octanol–water partition coefficient (Wildman–Crippen LogP) is 1.10. The van der Waals surface area contributed by atoms with Crippen LogP contribution in [0.4, 0.5) is 0 Å². The lowest BCUT2D eigenvalue weighted by Gasteiger charge is -2.38. The van der Waals surface area contributed by atoms with Crippen molar-refractivity contribution < 1.29 is 22.8 Å². The van der Waals surface area contributed by atoms with Crippen LogP contribution in [0.25, 0.3) is 0 Å². The minimum absolute atomic E-state index is 0.0324. The fraction of sp³-hybridized carbons (Fsp3) is 0.556. The first kappa shape index (κ1) is 19.8. The number of nitrogens with one attached hydrogen (secondary N) is 2. The van der Waals surface area contributed by atoms with E-state index in [4.69, 9.17) is 9.57 Å². The lowest BCUT2D eigenvalue weighted by molar-refractivity contribution is -0.126. The number of carbonyl (C=O) groups is 1. The number of ether oxygens (including phenoxy) is 1. The van der Waals surface area contributed by atoms with Crippen molar-refractivity contribution in [2.45, 2.75) is 56.2 Å². The number of sulfonamides is 1. The molecule has 1 aromatic carbocycles. The molecule has 2 atom stereocenters. The number of nitrogens with zero attached hydrogens (tertiary/aromatic N) is 1. The number of amides is 1. The molecule has 2 aliphatic rings. The molecule has 0 unspecified atom stereocenters. The lowest BCUT2D eigenvalue weighted by Crippen LogP contribution is -2.58. The van der Waals surface area contributed by atoms with Crippen molar-refractivity contribution in [1.29, 1.82) is 0 Å². The molecule has 1 saturated heterocycles. The van der Waals surface area contributed by atoms with E-state index < -0.39 is 21.7 Å². The maximum absolute atomic E-state index is 12.8. The van der Waals surface area contributed by atoms with Gasteiger partial charge in [-0.2, -0.15) is 0 Å². The summed E-state index contributed by atoms with van der Waals surface area (Å²) in [5, 5.41) is 6.70. The average Bonchev–Trinajstić information content (AvgIpc) is 3.01. The highest BCUT2D eigenvalue weighted by molar-refractivity contribution is 7.89. The van der Waals surface area contributed by atoms with E-state index in [0.29, 0.717) is 13.0 Å². The first-order chi connectivity index (χ1) is 12.7. The van der Waals surface area contributed by atoms with Crippen molar-refractivity contribution in [1.82, 2.24) is 10.0 Å². The van der Waals surface area contributed by atoms with Gasteiger partial charge in [0.25, 0.3) is 5.91 Å². The minimum Gasteiger partial charge on any atom is -0.384 e. The Kier molecular flexibility index (Phi) is 5.55. The molecule has 3 rings (SSSR count). The van der Waals surface area contributed by atoms with Gasteiger partial charge in [0.1, 0.15) is 5.71 Å². The molecular formula is C18H25N3O5S. The van der Waals surface area contributed by atoms with E-state index in [1.54, 1.807) is 18.2 Å². The summed E-state index contributed by atoms with van der Waals surface area (Å²) in [5.74, 6) is -0.312. The Morgan fingerprint density at radius 3 is 2.85 bits per heavy atom. The van der Waals surface area contributed by atoms with Crippen LogP contribution in [-0.2, 0) is 24.4 Å². The number of benzene rings is 1. The van der Waals surface area contributed by atoms with Crippen molar-refractivity contribution in [3.8, 4) is 0 Å². The van der Waals surface area contributed by atoms with Gasteiger partial charge in [-0.15, -0.1) is 0 Å². The standard InChI is InChI=1S/C18H25N3O5S/c1-12(2)19-17(22)15-10-18(26-20-15)11-25-8-7-16(18)21-27(23,24)14-6-4-5-13(3)9-14/h4-6,9,12,16,21H,7-8,10-11H2,1-3H3,(H,19,22)/t16-,18+/m1/s1. The summed E-state index contributed by atoms with van der Waals surface area (Å²) >= 11 is 0. The Bertz CT molecular complexity index is 852. The third-order valence-electron chi connectivity index (χ3n) is 4.62. The van der Waals surface area contributed by atoms with Crippen LogP contribution in [0.2, 0.25) is 0 Å². The summed E-state index contributed by atoms with van der Waals surface area (Å²) in [5.41, 5.74) is 0.0836. The molecule has 0 aliphatic carbocycles. The largest absolute Gasteiger partial charge is 0.384 e. The molecule has 27 heavy (non-hydrogen) atoms. The lowest BCUT2D eigenvalue weighted by atomic mass is 9.86. The molecule has 1 fully saturated rings. The van der Waals surface area contributed by atoms with Crippen LogP contribution >= 0.6 is 0 Å². The van der Waals surface area contributed by atoms with E-state index in [1.807, 2.05) is 26.8 Å². The highest BCUT2D eigenvalue weighted by Crippen LogP contribution is 2.33. The summed E-state index contributed by atoms with van der Waals surface area (Å²) < 4.78 is 33.9. The van der Waals surface area contributed by atoms with Crippen molar-refractivity contribution in [2.75, 3.05) is 13.2 Å². The normalized spacial score (nSPS) is 25.3. The van der Waals surface area contributed by atoms with Crippen LogP contribution in [0.5, 0.6) is 0 Å². The van der Waals surface area contributed by atoms with Gasteiger partial charge in [-0.05, 0) is 44.9 Å². The average molecular weight is 395 g/mol. The molecule has 0 saturated carbocycles. The summed E-state index contributed by atoms with van der Waals surface area (Å²) in [6.45, 7) is 6.11. The maximum Gasteiger partial charge on any atom is 0.269 e. The van der Waals surface area contributed by atoms with E-state index in [2.05, 4.69) is 15.2 Å². The van der Waals surface area contributed by atoms with Gasteiger partial charge in [-0.1, -0.05) is 17.3 Å². The van der Waals surface area contributed by atoms with Gasteiger partial charge in [0.15, 0.2) is 5.60 Å². The Balaban J connectivity index is 1.78. The van der Waals surface area contributed by atoms with Crippen LogP contribution in [0.15, 0.2) is 34.3 Å². The van der Waals surface area contributed by atoms with Crippen LogP contribution in [-0.4, -0.2) is 50.9 Å². The molecule has 1 amide bonds. The van der Waals surface area contributed by atoms with E-state index in [0.717, 1.165) is 5.56 Å². The third kappa shape index (κ3) is 4.31. The molecular weight excluding hydrogens is 370 g/mol. The van der Waals surface area contributed by atoms with E-state index >= 15 is 0 Å². The first-order valence-electron chi connectivity index (χ1n) is 8.94. The van der Waals surface area contributed by atoms with Gasteiger partial charge in [-0.3, -0.25) is 4.79 Å². The van der Waals surface area contributed by atoms with Crippen molar-refractivity contribution in [2.24, 2.45) is 5.16 Å². The molecule has 0 bridgehead atoms. The van der Waals surface area contributed by atoms with Gasteiger partial charge in [0, 0.05) is 19.1 Å². The van der Waals surface area contributed by atoms with Crippen LogP contribution < -0.4 is 10.0 Å². The SMILES string of the molecule is Cc1cccc(S(=O)(=O)N[C@@H]2CCOC[C@@]23CC(C(=O)NC(C)C)=NO3)c1. The second kappa shape index (κ2) is 7.57. The van der Waals surface area contributed by atoms with Crippen molar-refractivity contribution in [3.63, 3.8) is 0 Å². The fourth-order valence-electron chi connectivity index (χ4n) is 3.24. The Hall–Kier alpha value is -1.97. The molecule has 0 aromatic heterocycles. The minimum atomic E-state index is -3.74. The van der Waals surface area contributed by atoms with E-state index in [-0.39, 0.29) is 35.6 Å². The second-order valence-electron chi connectivity index (χ2n) is 7.33. The van der Waals surface area contributed by atoms with E-state index in [1.165, 1.54) is 0 Å². The highest BCUT2D eigenvalue weighted by Gasteiger charge is 2.51. The number of aryl methyl sites for hydroxylation is 1. The Labute approximate surface area is 159 Å². The number of hydrogen-bond donors (Lipinski definition) is 2. The zero-order chi connectivity index (χ0) is 19.7. The number of carbonyl (C=O) groups excluding carboxylic acids is 1. The summed E-state index contributed by atoms with van der Waals surface area (Å²) in [6, 6.07) is 6.12. The highest BCUT2D eigenvalue weighted by atomic mass is 32.2. The van der Waals surface area contributed by atoms with Gasteiger partial charge >= 0.3 is 0 Å². The quantitative estimate of drug-likeness (QED) is 0.777. The predicted molar refractivity (Wildman–Crippen MR) is 99.9 cm³/mol. The number of hydrogen-bond acceptors (Lipinski definition) is 6. The van der Waals surface area contributed by atoms with Gasteiger partial charge < -0.3 is 14.9 Å². The zero-order valence-corrected chi connectivity index (χ0v) is 16.5. The monoisotopic (exact) mass is 395 g/mol. The smallest absolute Gasteiger partial charge is 0.269 e. The van der Waals surface area contributed by atoms with Gasteiger partial charge in [-0.25, -0.2) is 13.1 Å². The molecule has 0 radical (unpaired) electrons. The topological polar surface area (TPSA) is 106 Å². The van der Waals surface area contributed by atoms with Gasteiger partial charge in [0.2, 0.25) is 10.0 Å². The van der Waals surface area contributed by atoms with Gasteiger partial charge in [0.05, 0.1) is 17.5 Å². The molecule has 9 heteroatoms. The molecule has 1 spiro atoms. The molecule has 2 aliphatic heterocycles. The molecule has 2 heterocycles.